The van der Waals surface area contributed by atoms with Gasteiger partial charge in [0.2, 0.25) is 5.91 Å². The Kier molecular flexibility index (Phi) is 5.67. The molecule has 6 heteroatoms. The van der Waals surface area contributed by atoms with Gasteiger partial charge in [-0.15, -0.1) is 11.3 Å². The van der Waals surface area contributed by atoms with Crippen LogP contribution in [0.1, 0.15) is 30.6 Å². The summed E-state index contributed by atoms with van der Waals surface area (Å²) in [5.41, 5.74) is 0. The molecule has 0 spiro atoms. The van der Waals surface area contributed by atoms with Crippen molar-refractivity contribution in [3.63, 3.8) is 0 Å². The van der Waals surface area contributed by atoms with Crippen molar-refractivity contribution in [2.24, 2.45) is 0 Å². The fourth-order valence-corrected chi connectivity index (χ4v) is 3.92. The average molecular weight is 336 g/mol. The van der Waals surface area contributed by atoms with Gasteiger partial charge in [-0.25, -0.2) is 0 Å². The fourth-order valence-electron chi connectivity index (χ4n) is 3.21. The Labute approximate surface area is 141 Å². The summed E-state index contributed by atoms with van der Waals surface area (Å²) in [4.78, 5) is 29.8. The lowest BCUT2D eigenvalue weighted by atomic mass is 10.2. The largest absolute Gasteiger partial charge is 0.368 e. The summed E-state index contributed by atoms with van der Waals surface area (Å²) >= 11 is 1.70. The van der Waals surface area contributed by atoms with Crippen molar-refractivity contribution in [1.29, 1.82) is 0 Å². The number of carbonyl (C=O) groups is 2. The summed E-state index contributed by atoms with van der Waals surface area (Å²) in [6.07, 6.45) is 3.77. The van der Waals surface area contributed by atoms with E-state index in [1.165, 1.54) is 4.88 Å². The molecule has 5 nitrogen and oxygen atoms in total. The van der Waals surface area contributed by atoms with E-state index in [0.717, 1.165) is 38.8 Å². The predicted octanol–water partition coefficient (Wildman–Crippen LogP) is 1.92. The highest BCUT2D eigenvalue weighted by atomic mass is 32.1. The molecule has 126 valence electrons. The maximum absolute atomic E-state index is 12.4. The van der Waals surface area contributed by atoms with Crippen molar-refractivity contribution in [1.82, 2.24) is 9.80 Å². The van der Waals surface area contributed by atoms with E-state index in [0.29, 0.717) is 26.1 Å². The molecule has 3 rings (SSSR count). The highest BCUT2D eigenvalue weighted by molar-refractivity contribution is 7.09. The molecule has 1 aromatic heterocycles. The molecule has 0 aromatic carbocycles. The topological polar surface area (TPSA) is 49.9 Å². The second kappa shape index (κ2) is 7.93. The van der Waals surface area contributed by atoms with Gasteiger partial charge >= 0.3 is 0 Å². The third kappa shape index (κ3) is 4.32. The SMILES string of the molecule is O=C(CCc1cccs1)N1CCCN(C(=O)C2CCCO2)CC1. The van der Waals surface area contributed by atoms with Crippen LogP contribution in [0.5, 0.6) is 0 Å². The Hall–Kier alpha value is -1.40. The number of hydrogen-bond donors (Lipinski definition) is 0. The first kappa shape index (κ1) is 16.5. The third-order valence-corrected chi connectivity index (χ3v) is 5.47. The van der Waals surface area contributed by atoms with E-state index < -0.39 is 0 Å². The molecule has 3 heterocycles. The van der Waals surface area contributed by atoms with Gasteiger partial charge in [-0.2, -0.15) is 0 Å². The first-order valence-corrected chi connectivity index (χ1v) is 9.32. The number of amides is 2. The van der Waals surface area contributed by atoms with Crippen LogP contribution in [0.4, 0.5) is 0 Å². The van der Waals surface area contributed by atoms with Crippen LogP contribution >= 0.6 is 11.3 Å². The Balaban J connectivity index is 1.47. The zero-order valence-corrected chi connectivity index (χ0v) is 14.2. The molecule has 0 radical (unpaired) electrons. The monoisotopic (exact) mass is 336 g/mol. The summed E-state index contributed by atoms with van der Waals surface area (Å²) in [6, 6.07) is 4.09. The predicted molar refractivity (Wildman–Crippen MR) is 89.4 cm³/mol. The number of carbonyl (C=O) groups excluding carboxylic acids is 2. The number of rotatable bonds is 4. The van der Waals surface area contributed by atoms with E-state index in [1.807, 2.05) is 21.2 Å². The van der Waals surface area contributed by atoms with Gasteiger partial charge in [-0.3, -0.25) is 9.59 Å². The van der Waals surface area contributed by atoms with Crippen LogP contribution in [-0.2, 0) is 20.7 Å². The maximum atomic E-state index is 12.4. The van der Waals surface area contributed by atoms with E-state index in [2.05, 4.69) is 6.07 Å². The van der Waals surface area contributed by atoms with Crippen molar-refractivity contribution in [3.8, 4) is 0 Å². The molecular formula is C17H24N2O3S. The van der Waals surface area contributed by atoms with Crippen LogP contribution in [0.3, 0.4) is 0 Å². The minimum Gasteiger partial charge on any atom is -0.368 e. The summed E-state index contributed by atoms with van der Waals surface area (Å²) in [5.74, 6) is 0.306. The fraction of sp³-hybridized carbons (Fsp3) is 0.647. The number of nitrogens with zero attached hydrogens (tertiary/aromatic N) is 2. The minimum absolute atomic E-state index is 0.107. The summed E-state index contributed by atoms with van der Waals surface area (Å²) < 4.78 is 5.49. The highest BCUT2D eigenvalue weighted by Crippen LogP contribution is 2.17. The van der Waals surface area contributed by atoms with Crippen LogP contribution in [0, 0.1) is 0 Å². The van der Waals surface area contributed by atoms with Crippen LogP contribution in [-0.4, -0.2) is 60.5 Å². The number of thiophene rings is 1. The molecule has 2 aliphatic rings. The van der Waals surface area contributed by atoms with Crippen LogP contribution < -0.4 is 0 Å². The standard InChI is InChI=1S/C17H24N2O3S/c20-16(7-6-14-4-2-13-23-14)18-8-3-9-19(11-10-18)17(21)15-5-1-12-22-15/h2,4,13,15H,1,3,5-12H2. The van der Waals surface area contributed by atoms with Gasteiger partial charge in [0.05, 0.1) is 0 Å². The molecule has 0 N–H and O–H groups in total. The highest BCUT2D eigenvalue weighted by Gasteiger charge is 2.29. The number of hydrogen-bond acceptors (Lipinski definition) is 4. The zero-order valence-electron chi connectivity index (χ0n) is 13.4. The zero-order chi connectivity index (χ0) is 16.1. The molecule has 2 amide bonds. The second-order valence-corrected chi connectivity index (χ2v) is 7.17. The van der Waals surface area contributed by atoms with E-state index in [1.54, 1.807) is 11.3 Å². The minimum atomic E-state index is -0.254. The Morgan fingerprint density at radius 1 is 1.17 bits per heavy atom. The van der Waals surface area contributed by atoms with Gasteiger partial charge in [0.15, 0.2) is 0 Å². The van der Waals surface area contributed by atoms with Crippen molar-refractivity contribution >= 4 is 23.2 Å². The molecule has 2 saturated heterocycles. The number of ether oxygens (including phenoxy) is 1. The molecule has 2 aliphatic heterocycles. The second-order valence-electron chi connectivity index (χ2n) is 6.14. The van der Waals surface area contributed by atoms with Crippen LogP contribution in [0.2, 0.25) is 0 Å². The molecule has 23 heavy (non-hydrogen) atoms. The average Bonchev–Trinajstić information content (AvgIpc) is 3.22. The van der Waals surface area contributed by atoms with Crippen molar-refractivity contribution in [2.45, 2.75) is 38.2 Å². The molecular weight excluding hydrogens is 312 g/mol. The Morgan fingerprint density at radius 2 is 2.00 bits per heavy atom. The smallest absolute Gasteiger partial charge is 0.251 e. The van der Waals surface area contributed by atoms with Gasteiger partial charge in [0.1, 0.15) is 6.10 Å². The first-order valence-electron chi connectivity index (χ1n) is 8.44. The lowest BCUT2D eigenvalue weighted by Crippen LogP contribution is -2.41. The van der Waals surface area contributed by atoms with Gasteiger partial charge in [0, 0.05) is 44.1 Å². The van der Waals surface area contributed by atoms with Crippen LogP contribution in [0.25, 0.3) is 0 Å². The summed E-state index contributed by atoms with van der Waals surface area (Å²) in [7, 11) is 0. The Bertz CT molecular complexity index is 526. The normalized spacial score (nSPS) is 22.2. The lowest BCUT2D eigenvalue weighted by molar-refractivity contribution is -0.141. The maximum Gasteiger partial charge on any atom is 0.251 e. The molecule has 1 atom stereocenters. The molecule has 0 aliphatic carbocycles. The molecule has 2 fully saturated rings. The summed E-state index contributed by atoms with van der Waals surface area (Å²) in [6.45, 7) is 3.44. The molecule has 1 unspecified atom stereocenters. The first-order chi connectivity index (χ1) is 11.2. The number of aryl methyl sites for hydroxylation is 1. The van der Waals surface area contributed by atoms with Gasteiger partial charge in [-0.05, 0) is 37.1 Å². The van der Waals surface area contributed by atoms with Crippen LogP contribution in [0.15, 0.2) is 17.5 Å². The van der Waals surface area contributed by atoms with E-state index in [4.69, 9.17) is 4.74 Å². The van der Waals surface area contributed by atoms with Crippen molar-refractivity contribution in [2.75, 3.05) is 32.8 Å². The van der Waals surface area contributed by atoms with Gasteiger partial charge < -0.3 is 14.5 Å². The Morgan fingerprint density at radius 3 is 2.74 bits per heavy atom. The van der Waals surface area contributed by atoms with Gasteiger partial charge in [0.25, 0.3) is 5.91 Å². The third-order valence-electron chi connectivity index (χ3n) is 4.53. The quantitative estimate of drug-likeness (QED) is 0.844. The lowest BCUT2D eigenvalue weighted by Gasteiger charge is -2.24. The molecule has 0 saturated carbocycles. The van der Waals surface area contributed by atoms with E-state index in [-0.39, 0.29) is 17.9 Å². The summed E-state index contributed by atoms with van der Waals surface area (Å²) in [5, 5.41) is 2.04. The molecule has 0 bridgehead atoms. The van der Waals surface area contributed by atoms with E-state index in [9.17, 15) is 9.59 Å². The van der Waals surface area contributed by atoms with Crippen molar-refractivity contribution < 1.29 is 14.3 Å². The molecule has 1 aromatic rings. The van der Waals surface area contributed by atoms with E-state index >= 15 is 0 Å². The van der Waals surface area contributed by atoms with Gasteiger partial charge in [-0.1, -0.05) is 6.07 Å². The van der Waals surface area contributed by atoms with Crippen molar-refractivity contribution in [3.05, 3.63) is 22.4 Å².